The van der Waals surface area contributed by atoms with Crippen LogP contribution >= 0.6 is 11.8 Å². The molecule has 1 atom stereocenters. The van der Waals surface area contributed by atoms with Crippen molar-refractivity contribution in [1.29, 1.82) is 0 Å². The Morgan fingerprint density at radius 1 is 1.55 bits per heavy atom. The van der Waals surface area contributed by atoms with E-state index in [2.05, 4.69) is 5.32 Å². The largest absolute Gasteiger partial charge is 0.474 e. The van der Waals surface area contributed by atoms with E-state index in [1.807, 2.05) is 0 Å². The molecule has 1 rings (SSSR count). The Hall–Kier alpha value is -0.710. The number of carbonyl (C=O) groups is 2. The molecule has 1 aliphatic rings. The molecule has 0 spiro atoms. The molecule has 0 radical (unpaired) electrons. The molecule has 0 aromatic carbocycles. The molecule has 5 heteroatoms. The maximum Gasteiger partial charge on any atom is 0.394 e. The van der Waals surface area contributed by atoms with Crippen molar-refractivity contribution in [1.82, 2.24) is 5.32 Å². The number of carbonyl (C=O) groups excluding carboxylic acids is 1. The van der Waals surface area contributed by atoms with Crippen LogP contribution in [-0.2, 0) is 9.59 Å². The van der Waals surface area contributed by atoms with E-state index < -0.39 is 11.9 Å². The van der Waals surface area contributed by atoms with Crippen molar-refractivity contribution in [2.45, 2.75) is 12.5 Å². The van der Waals surface area contributed by atoms with Crippen LogP contribution in [0.5, 0.6) is 0 Å². The second-order valence-corrected chi connectivity index (χ2v) is 3.49. The van der Waals surface area contributed by atoms with Gasteiger partial charge in [0.25, 0.3) is 0 Å². The molecule has 0 aromatic heterocycles. The van der Waals surface area contributed by atoms with Crippen LogP contribution in [0.15, 0.2) is 0 Å². The highest BCUT2D eigenvalue weighted by atomic mass is 32.2. The van der Waals surface area contributed by atoms with E-state index in [0.29, 0.717) is 0 Å². The van der Waals surface area contributed by atoms with Crippen molar-refractivity contribution in [3.63, 3.8) is 0 Å². The minimum atomic E-state index is -1.40. The van der Waals surface area contributed by atoms with Crippen molar-refractivity contribution in [3.05, 3.63) is 0 Å². The van der Waals surface area contributed by atoms with Crippen LogP contribution in [0.3, 0.4) is 0 Å². The first-order valence-corrected chi connectivity index (χ1v) is 4.47. The van der Waals surface area contributed by atoms with Crippen molar-refractivity contribution in [2.75, 3.05) is 11.5 Å². The van der Waals surface area contributed by atoms with E-state index in [1.165, 1.54) is 0 Å². The van der Waals surface area contributed by atoms with Crippen molar-refractivity contribution < 1.29 is 14.7 Å². The van der Waals surface area contributed by atoms with Crippen LogP contribution in [0.1, 0.15) is 6.42 Å². The van der Waals surface area contributed by atoms with Crippen molar-refractivity contribution in [2.24, 2.45) is 0 Å². The van der Waals surface area contributed by atoms with Crippen LogP contribution in [0, 0.1) is 0 Å². The second kappa shape index (κ2) is 3.61. The number of nitrogens with one attached hydrogen (secondary N) is 1. The van der Waals surface area contributed by atoms with Crippen LogP contribution in [-0.4, -0.2) is 34.5 Å². The molecule has 1 heterocycles. The van der Waals surface area contributed by atoms with Gasteiger partial charge in [0.2, 0.25) is 0 Å². The summed E-state index contributed by atoms with van der Waals surface area (Å²) in [5.41, 5.74) is 0. The molecule has 1 amide bonds. The molecular weight excluding hydrogens is 166 g/mol. The van der Waals surface area contributed by atoms with Gasteiger partial charge in [0.1, 0.15) is 0 Å². The number of carboxylic acids is 1. The summed E-state index contributed by atoms with van der Waals surface area (Å²) in [5, 5.41) is 10.6. The SMILES string of the molecule is O=C(O)C(=O)NC1CCSC1. The lowest BCUT2D eigenvalue weighted by Crippen LogP contribution is -2.39. The van der Waals surface area contributed by atoms with E-state index in [0.717, 1.165) is 17.9 Å². The first-order chi connectivity index (χ1) is 5.20. The molecule has 11 heavy (non-hydrogen) atoms. The van der Waals surface area contributed by atoms with Crippen LogP contribution in [0.2, 0.25) is 0 Å². The monoisotopic (exact) mass is 175 g/mol. The van der Waals surface area contributed by atoms with Crippen molar-refractivity contribution in [3.8, 4) is 0 Å². The molecule has 0 bridgehead atoms. The Morgan fingerprint density at radius 3 is 2.73 bits per heavy atom. The summed E-state index contributed by atoms with van der Waals surface area (Å²) < 4.78 is 0. The summed E-state index contributed by atoms with van der Waals surface area (Å²) in [6, 6.07) is 0.0589. The summed E-state index contributed by atoms with van der Waals surface area (Å²) in [5.74, 6) is -0.455. The fourth-order valence-electron chi connectivity index (χ4n) is 0.895. The lowest BCUT2D eigenvalue weighted by Gasteiger charge is -2.07. The minimum absolute atomic E-state index is 0.0589. The maximum atomic E-state index is 10.6. The average Bonchev–Trinajstić information content (AvgIpc) is 2.39. The van der Waals surface area contributed by atoms with Gasteiger partial charge in [-0.2, -0.15) is 11.8 Å². The fourth-order valence-corrected chi connectivity index (χ4v) is 2.05. The fraction of sp³-hybridized carbons (Fsp3) is 0.667. The summed E-state index contributed by atoms with van der Waals surface area (Å²) in [6.45, 7) is 0. The van der Waals surface area contributed by atoms with Gasteiger partial charge in [-0.25, -0.2) is 4.79 Å². The highest BCUT2D eigenvalue weighted by molar-refractivity contribution is 7.99. The molecule has 0 aromatic rings. The maximum absolute atomic E-state index is 10.6. The molecule has 1 unspecified atom stereocenters. The third-order valence-electron chi connectivity index (χ3n) is 1.46. The first-order valence-electron chi connectivity index (χ1n) is 3.31. The Bertz CT molecular complexity index is 177. The normalized spacial score (nSPS) is 23.1. The molecule has 4 nitrogen and oxygen atoms in total. The van der Waals surface area contributed by atoms with Gasteiger partial charge in [0.15, 0.2) is 0 Å². The van der Waals surface area contributed by atoms with Gasteiger partial charge in [-0.05, 0) is 12.2 Å². The quantitative estimate of drug-likeness (QED) is 0.537. The molecule has 0 aliphatic carbocycles. The van der Waals surface area contributed by atoms with Gasteiger partial charge in [-0.1, -0.05) is 0 Å². The van der Waals surface area contributed by atoms with Crippen molar-refractivity contribution >= 4 is 23.6 Å². The molecule has 1 fully saturated rings. The number of carboxylic acid groups (broad SMARTS) is 1. The molecule has 1 aliphatic heterocycles. The van der Waals surface area contributed by atoms with E-state index in [1.54, 1.807) is 11.8 Å². The number of hydrogen-bond acceptors (Lipinski definition) is 3. The predicted octanol–water partition coefficient (Wildman–Crippen LogP) is -0.307. The van der Waals surface area contributed by atoms with Crippen LogP contribution in [0.4, 0.5) is 0 Å². The zero-order valence-corrected chi connectivity index (χ0v) is 6.69. The van der Waals surface area contributed by atoms with E-state index in [-0.39, 0.29) is 6.04 Å². The van der Waals surface area contributed by atoms with Gasteiger partial charge >= 0.3 is 11.9 Å². The van der Waals surface area contributed by atoms with Crippen LogP contribution < -0.4 is 5.32 Å². The van der Waals surface area contributed by atoms with E-state index >= 15 is 0 Å². The summed E-state index contributed by atoms with van der Waals surface area (Å²) in [6.07, 6.45) is 0.879. The van der Waals surface area contributed by atoms with Gasteiger partial charge in [0, 0.05) is 11.8 Å². The van der Waals surface area contributed by atoms with Gasteiger partial charge in [-0.15, -0.1) is 0 Å². The summed E-state index contributed by atoms with van der Waals surface area (Å²) >= 11 is 1.73. The second-order valence-electron chi connectivity index (χ2n) is 2.34. The molecule has 0 saturated carbocycles. The minimum Gasteiger partial charge on any atom is -0.474 e. The number of aliphatic carboxylic acids is 1. The van der Waals surface area contributed by atoms with Gasteiger partial charge in [0.05, 0.1) is 0 Å². The summed E-state index contributed by atoms with van der Waals surface area (Å²) in [7, 11) is 0. The lowest BCUT2D eigenvalue weighted by molar-refractivity contribution is -0.150. The highest BCUT2D eigenvalue weighted by Crippen LogP contribution is 2.16. The van der Waals surface area contributed by atoms with Gasteiger partial charge in [-0.3, -0.25) is 4.79 Å². The number of amides is 1. The zero-order chi connectivity index (χ0) is 8.27. The number of hydrogen-bond donors (Lipinski definition) is 2. The molecule has 2 N–H and O–H groups in total. The summed E-state index contributed by atoms with van der Waals surface area (Å²) in [4.78, 5) is 20.6. The third kappa shape index (κ3) is 2.42. The average molecular weight is 175 g/mol. The van der Waals surface area contributed by atoms with Gasteiger partial charge < -0.3 is 10.4 Å². The number of rotatable bonds is 1. The zero-order valence-electron chi connectivity index (χ0n) is 5.87. The third-order valence-corrected chi connectivity index (χ3v) is 2.62. The molecular formula is C6H9NO3S. The Kier molecular flexibility index (Phi) is 2.76. The Balaban J connectivity index is 2.29. The topological polar surface area (TPSA) is 66.4 Å². The standard InChI is InChI=1S/C6H9NO3S/c8-5(6(9)10)7-4-1-2-11-3-4/h4H,1-3H2,(H,7,8)(H,9,10). The first kappa shape index (κ1) is 8.39. The van der Waals surface area contributed by atoms with Crippen LogP contribution in [0.25, 0.3) is 0 Å². The van der Waals surface area contributed by atoms with E-state index in [9.17, 15) is 9.59 Å². The van der Waals surface area contributed by atoms with E-state index in [4.69, 9.17) is 5.11 Å². The highest BCUT2D eigenvalue weighted by Gasteiger charge is 2.20. The molecule has 1 saturated heterocycles. The Labute approximate surface area is 68.3 Å². The Morgan fingerprint density at radius 2 is 2.27 bits per heavy atom. The molecule has 62 valence electrons. The smallest absolute Gasteiger partial charge is 0.394 e. The lowest BCUT2D eigenvalue weighted by atomic mass is 10.2. The number of thioether (sulfide) groups is 1. The predicted molar refractivity (Wildman–Crippen MR) is 41.5 cm³/mol.